The lowest BCUT2D eigenvalue weighted by atomic mass is 10.0. The van der Waals surface area contributed by atoms with Crippen LogP contribution in [0.25, 0.3) is 10.8 Å². The number of carbonyl (C=O) groups excluding carboxylic acids is 1. The Balaban J connectivity index is 1.57. The maximum absolute atomic E-state index is 12.0. The number of hydrogen-bond acceptors (Lipinski definition) is 4. The maximum atomic E-state index is 12.0. The third-order valence-electron chi connectivity index (χ3n) is 4.10. The minimum absolute atomic E-state index is 0.113. The molecule has 0 radical (unpaired) electrons. The molecule has 5 nitrogen and oxygen atoms in total. The molecular formula is C21H21NO4. The van der Waals surface area contributed by atoms with Gasteiger partial charge in [0.25, 0.3) is 5.91 Å². The van der Waals surface area contributed by atoms with Crippen molar-refractivity contribution < 1.29 is 19.4 Å². The van der Waals surface area contributed by atoms with E-state index in [1.54, 1.807) is 25.3 Å². The molecule has 0 spiro atoms. The highest BCUT2D eigenvalue weighted by atomic mass is 16.5. The first-order chi connectivity index (χ1) is 12.7. The summed E-state index contributed by atoms with van der Waals surface area (Å²) in [6.07, 6.45) is -0.795. The van der Waals surface area contributed by atoms with E-state index in [9.17, 15) is 9.90 Å². The minimum Gasteiger partial charge on any atom is -0.493 e. The molecule has 0 fully saturated rings. The predicted octanol–water partition coefficient (Wildman–Crippen LogP) is 3.08. The molecule has 3 rings (SSSR count). The second-order valence-corrected chi connectivity index (χ2v) is 5.83. The summed E-state index contributed by atoms with van der Waals surface area (Å²) in [5.41, 5.74) is 0.786. The zero-order chi connectivity index (χ0) is 18.4. The second kappa shape index (κ2) is 8.36. The number of para-hydroxylation sites is 2. The molecular weight excluding hydrogens is 330 g/mol. The van der Waals surface area contributed by atoms with Crippen LogP contribution in [0.2, 0.25) is 0 Å². The minimum atomic E-state index is -0.795. The zero-order valence-electron chi connectivity index (χ0n) is 14.5. The molecule has 1 unspecified atom stereocenters. The van der Waals surface area contributed by atoms with Crippen LogP contribution in [0.5, 0.6) is 11.5 Å². The van der Waals surface area contributed by atoms with E-state index in [0.717, 1.165) is 16.3 Å². The summed E-state index contributed by atoms with van der Waals surface area (Å²) in [5.74, 6) is 0.756. The van der Waals surface area contributed by atoms with Gasteiger partial charge in [-0.3, -0.25) is 4.79 Å². The monoisotopic (exact) mass is 351 g/mol. The molecule has 3 aromatic carbocycles. The van der Waals surface area contributed by atoms with E-state index in [2.05, 4.69) is 5.32 Å². The highest BCUT2D eigenvalue weighted by molar-refractivity contribution is 5.86. The molecule has 0 aliphatic heterocycles. The fraction of sp³-hybridized carbons (Fsp3) is 0.190. The molecule has 0 heterocycles. The van der Waals surface area contributed by atoms with Crippen molar-refractivity contribution >= 4 is 16.7 Å². The van der Waals surface area contributed by atoms with E-state index in [0.29, 0.717) is 11.5 Å². The second-order valence-electron chi connectivity index (χ2n) is 5.83. The van der Waals surface area contributed by atoms with Gasteiger partial charge in [0.05, 0.1) is 13.2 Å². The van der Waals surface area contributed by atoms with Crippen molar-refractivity contribution in [2.45, 2.75) is 6.10 Å². The van der Waals surface area contributed by atoms with Gasteiger partial charge in [0.15, 0.2) is 18.1 Å². The average Bonchev–Trinajstić information content (AvgIpc) is 2.70. The van der Waals surface area contributed by atoms with Crippen LogP contribution in [0.4, 0.5) is 0 Å². The summed E-state index contributed by atoms with van der Waals surface area (Å²) in [5, 5.41) is 15.2. The average molecular weight is 351 g/mol. The molecule has 0 aliphatic carbocycles. The van der Waals surface area contributed by atoms with E-state index in [-0.39, 0.29) is 19.1 Å². The Morgan fingerprint density at radius 2 is 1.69 bits per heavy atom. The lowest BCUT2D eigenvalue weighted by molar-refractivity contribution is -0.123. The Morgan fingerprint density at radius 1 is 1.00 bits per heavy atom. The smallest absolute Gasteiger partial charge is 0.258 e. The Bertz CT molecular complexity index is 889. The number of benzene rings is 3. The normalized spacial score (nSPS) is 11.8. The van der Waals surface area contributed by atoms with Crippen molar-refractivity contribution in [3.05, 3.63) is 72.3 Å². The number of ether oxygens (including phenoxy) is 2. The van der Waals surface area contributed by atoms with Crippen LogP contribution in [0, 0.1) is 0 Å². The van der Waals surface area contributed by atoms with Gasteiger partial charge >= 0.3 is 0 Å². The number of fused-ring (bicyclic) bond motifs is 1. The predicted molar refractivity (Wildman–Crippen MR) is 100 cm³/mol. The molecule has 0 saturated heterocycles. The lowest BCUT2D eigenvalue weighted by Gasteiger charge is -2.15. The van der Waals surface area contributed by atoms with Crippen LogP contribution in [-0.4, -0.2) is 31.3 Å². The molecule has 134 valence electrons. The number of rotatable bonds is 7. The number of nitrogens with one attached hydrogen (secondary N) is 1. The van der Waals surface area contributed by atoms with Gasteiger partial charge in [-0.15, -0.1) is 0 Å². The van der Waals surface area contributed by atoms with E-state index in [4.69, 9.17) is 9.47 Å². The summed E-state index contributed by atoms with van der Waals surface area (Å²) in [6.45, 7) is -0.0369. The van der Waals surface area contributed by atoms with Crippen molar-refractivity contribution in [3.8, 4) is 11.5 Å². The molecule has 0 bridgehead atoms. The van der Waals surface area contributed by atoms with Gasteiger partial charge in [-0.2, -0.15) is 0 Å². The third kappa shape index (κ3) is 4.13. The van der Waals surface area contributed by atoms with Gasteiger partial charge in [-0.05, 0) is 28.5 Å². The van der Waals surface area contributed by atoms with E-state index < -0.39 is 6.10 Å². The highest BCUT2D eigenvalue weighted by Gasteiger charge is 2.13. The number of aliphatic hydroxyl groups is 1. The van der Waals surface area contributed by atoms with Gasteiger partial charge in [0.1, 0.15) is 0 Å². The fourth-order valence-electron chi connectivity index (χ4n) is 2.79. The Labute approximate surface area is 152 Å². The largest absolute Gasteiger partial charge is 0.493 e. The van der Waals surface area contributed by atoms with Crippen LogP contribution < -0.4 is 14.8 Å². The van der Waals surface area contributed by atoms with Crippen molar-refractivity contribution in [1.29, 1.82) is 0 Å². The van der Waals surface area contributed by atoms with Crippen LogP contribution >= 0.6 is 0 Å². The van der Waals surface area contributed by atoms with E-state index in [1.165, 1.54) is 0 Å². The van der Waals surface area contributed by atoms with Crippen molar-refractivity contribution in [3.63, 3.8) is 0 Å². The first-order valence-corrected chi connectivity index (χ1v) is 8.37. The Morgan fingerprint density at radius 3 is 2.50 bits per heavy atom. The molecule has 1 amide bonds. The standard InChI is InChI=1S/C21H21NO4/c1-25-19-11-4-5-12-20(19)26-14-21(24)22-13-18(23)17-10-6-8-15-7-2-3-9-16(15)17/h2-12,18,23H,13-14H2,1H3,(H,22,24). The molecule has 0 saturated carbocycles. The summed E-state index contributed by atoms with van der Waals surface area (Å²) >= 11 is 0. The molecule has 2 N–H and O–H groups in total. The van der Waals surface area contributed by atoms with Crippen molar-refractivity contribution in [2.24, 2.45) is 0 Å². The van der Waals surface area contributed by atoms with Crippen LogP contribution in [0.15, 0.2) is 66.7 Å². The third-order valence-corrected chi connectivity index (χ3v) is 4.10. The molecule has 3 aromatic rings. The van der Waals surface area contributed by atoms with Gasteiger partial charge in [-0.1, -0.05) is 54.6 Å². The Kier molecular flexibility index (Phi) is 5.71. The quantitative estimate of drug-likeness (QED) is 0.686. The number of carbonyl (C=O) groups is 1. The first kappa shape index (κ1) is 17.8. The number of aliphatic hydroxyl groups excluding tert-OH is 1. The number of amides is 1. The van der Waals surface area contributed by atoms with Gasteiger partial charge < -0.3 is 19.9 Å². The zero-order valence-corrected chi connectivity index (χ0v) is 14.5. The topological polar surface area (TPSA) is 67.8 Å². The molecule has 1 atom stereocenters. The molecule has 0 aliphatic rings. The summed E-state index contributed by atoms with van der Waals surface area (Å²) < 4.78 is 10.7. The number of methoxy groups -OCH3 is 1. The SMILES string of the molecule is COc1ccccc1OCC(=O)NCC(O)c1cccc2ccccc12. The molecule has 26 heavy (non-hydrogen) atoms. The van der Waals surface area contributed by atoms with Crippen LogP contribution in [-0.2, 0) is 4.79 Å². The summed E-state index contributed by atoms with van der Waals surface area (Å²) in [6, 6.07) is 20.7. The van der Waals surface area contributed by atoms with Gasteiger partial charge in [0, 0.05) is 6.54 Å². The van der Waals surface area contributed by atoms with E-state index in [1.807, 2.05) is 48.5 Å². The number of hydrogen-bond donors (Lipinski definition) is 2. The molecule has 0 aromatic heterocycles. The fourth-order valence-corrected chi connectivity index (χ4v) is 2.79. The van der Waals surface area contributed by atoms with E-state index >= 15 is 0 Å². The first-order valence-electron chi connectivity index (χ1n) is 8.37. The molecule has 5 heteroatoms. The summed E-state index contributed by atoms with van der Waals surface area (Å²) in [7, 11) is 1.54. The Hall–Kier alpha value is -3.05. The van der Waals surface area contributed by atoms with Gasteiger partial charge in [0.2, 0.25) is 0 Å². The van der Waals surface area contributed by atoms with Crippen molar-refractivity contribution in [2.75, 3.05) is 20.3 Å². The highest BCUT2D eigenvalue weighted by Crippen LogP contribution is 2.26. The van der Waals surface area contributed by atoms with Gasteiger partial charge in [-0.25, -0.2) is 0 Å². The van der Waals surface area contributed by atoms with Crippen LogP contribution in [0.1, 0.15) is 11.7 Å². The van der Waals surface area contributed by atoms with Crippen LogP contribution in [0.3, 0.4) is 0 Å². The lowest BCUT2D eigenvalue weighted by Crippen LogP contribution is -2.32. The summed E-state index contributed by atoms with van der Waals surface area (Å²) in [4.78, 5) is 12.0. The van der Waals surface area contributed by atoms with Crippen molar-refractivity contribution in [1.82, 2.24) is 5.32 Å². The maximum Gasteiger partial charge on any atom is 0.258 e.